The van der Waals surface area contributed by atoms with Gasteiger partial charge in [-0.05, 0) is 43.3 Å². The van der Waals surface area contributed by atoms with Crippen molar-refractivity contribution in [3.8, 4) is 0 Å². The smallest absolute Gasteiger partial charge is 0.255 e. The number of nitrogens with one attached hydrogen (secondary N) is 3. The lowest BCUT2D eigenvalue weighted by atomic mass is 10.2. The van der Waals surface area contributed by atoms with Crippen molar-refractivity contribution in [3.05, 3.63) is 76.5 Å². The summed E-state index contributed by atoms with van der Waals surface area (Å²) in [5.74, 6) is -1.03. The van der Waals surface area contributed by atoms with Gasteiger partial charge in [-0.1, -0.05) is 12.1 Å². The van der Waals surface area contributed by atoms with Gasteiger partial charge < -0.3 is 16.0 Å². The lowest BCUT2D eigenvalue weighted by Crippen LogP contribution is -2.30. The van der Waals surface area contributed by atoms with Gasteiger partial charge in [0.15, 0.2) is 0 Å². The molecule has 3 aromatic rings. The molecule has 3 N–H and O–H groups in total. The molecule has 1 heterocycles. The first-order valence-corrected chi connectivity index (χ1v) is 9.09. The second kappa shape index (κ2) is 8.99. The van der Waals surface area contributed by atoms with Crippen LogP contribution in [0.4, 0.5) is 27.4 Å². The van der Waals surface area contributed by atoms with Gasteiger partial charge in [0.2, 0.25) is 17.8 Å². The van der Waals surface area contributed by atoms with E-state index in [2.05, 4.69) is 20.9 Å². The minimum absolute atomic E-state index is 0.118. The second-order valence-electron chi connectivity index (χ2n) is 6.59. The number of carbonyl (C=O) groups is 2. The third kappa shape index (κ3) is 5.51. The van der Waals surface area contributed by atoms with Crippen LogP contribution in [0.15, 0.2) is 59.4 Å². The van der Waals surface area contributed by atoms with Crippen LogP contribution in [0, 0.1) is 12.7 Å². The highest BCUT2D eigenvalue weighted by molar-refractivity contribution is 5.93. The fourth-order valence-electron chi connectivity index (χ4n) is 2.79. The molecule has 0 atom stereocenters. The summed E-state index contributed by atoms with van der Waals surface area (Å²) in [6.45, 7) is 2.72. The molecule has 0 aliphatic heterocycles. The first-order valence-electron chi connectivity index (χ1n) is 9.09. The van der Waals surface area contributed by atoms with E-state index < -0.39 is 17.3 Å². The zero-order valence-electron chi connectivity index (χ0n) is 16.4. The van der Waals surface area contributed by atoms with Crippen LogP contribution in [0.5, 0.6) is 0 Å². The highest BCUT2D eigenvalue weighted by Gasteiger charge is 2.13. The summed E-state index contributed by atoms with van der Waals surface area (Å²) in [4.78, 5) is 40.5. The van der Waals surface area contributed by atoms with Gasteiger partial charge >= 0.3 is 0 Å². The van der Waals surface area contributed by atoms with Crippen LogP contribution in [-0.2, 0) is 16.1 Å². The number of benzene rings is 2. The number of hydrogen-bond donors (Lipinski definition) is 3. The van der Waals surface area contributed by atoms with E-state index >= 15 is 0 Å². The Balaban J connectivity index is 1.81. The van der Waals surface area contributed by atoms with Crippen LogP contribution < -0.4 is 21.5 Å². The van der Waals surface area contributed by atoms with E-state index in [1.807, 2.05) is 0 Å². The van der Waals surface area contributed by atoms with Crippen molar-refractivity contribution in [2.24, 2.45) is 0 Å². The summed E-state index contributed by atoms with van der Waals surface area (Å²) >= 11 is 0. The number of nitrogens with zero attached hydrogens (tertiary/aromatic N) is 2. The summed E-state index contributed by atoms with van der Waals surface area (Å²) in [6.07, 6.45) is 0. The lowest BCUT2D eigenvalue weighted by Gasteiger charge is -2.14. The first kappa shape index (κ1) is 20.7. The van der Waals surface area contributed by atoms with E-state index in [4.69, 9.17) is 0 Å². The molecule has 2 amide bonds. The molecule has 9 heteroatoms. The quantitative estimate of drug-likeness (QED) is 0.580. The number of amides is 2. The van der Waals surface area contributed by atoms with Gasteiger partial charge in [0.25, 0.3) is 5.56 Å². The van der Waals surface area contributed by atoms with E-state index in [0.29, 0.717) is 22.8 Å². The van der Waals surface area contributed by atoms with Crippen LogP contribution in [0.2, 0.25) is 0 Å². The van der Waals surface area contributed by atoms with Crippen LogP contribution >= 0.6 is 0 Å². The molecule has 0 saturated carbocycles. The van der Waals surface area contributed by atoms with Crippen LogP contribution in [0.3, 0.4) is 0 Å². The van der Waals surface area contributed by atoms with Gasteiger partial charge in [-0.2, -0.15) is 0 Å². The minimum atomic E-state index is -0.468. The Morgan fingerprint density at radius 3 is 2.37 bits per heavy atom. The maximum atomic E-state index is 13.5. The SMILES string of the molecule is CC(=O)Nc1cccc(NC(=O)Cn2c(Nc3cccc(F)c3)nc(C)cc2=O)c1. The number of anilines is 4. The van der Waals surface area contributed by atoms with Gasteiger partial charge in [-0.15, -0.1) is 0 Å². The summed E-state index contributed by atoms with van der Waals surface area (Å²) in [7, 11) is 0. The largest absolute Gasteiger partial charge is 0.326 e. The molecule has 0 radical (unpaired) electrons. The molecule has 30 heavy (non-hydrogen) atoms. The average Bonchev–Trinajstić information content (AvgIpc) is 2.64. The predicted octanol–water partition coefficient (Wildman–Crippen LogP) is 3.03. The third-order valence-corrected chi connectivity index (χ3v) is 3.99. The Labute approximate surface area is 171 Å². The van der Waals surface area contributed by atoms with E-state index in [0.717, 1.165) is 4.57 Å². The molecule has 0 aliphatic rings. The first-order chi connectivity index (χ1) is 14.3. The zero-order valence-corrected chi connectivity index (χ0v) is 16.4. The Bertz CT molecular complexity index is 1160. The molecule has 1 aromatic heterocycles. The molecular weight excluding hydrogens is 389 g/mol. The fourth-order valence-corrected chi connectivity index (χ4v) is 2.79. The highest BCUT2D eigenvalue weighted by Crippen LogP contribution is 2.17. The van der Waals surface area contributed by atoms with Crippen molar-refractivity contribution in [2.75, 3.05) is 16.0 Å². The van der Waals surface area contributed by atoms with Gasteiger partial charge in [-0.3, -0.25) is 19.0 Å². The average molecular weight is 409 g/mol. The summed E-state index contributed by atoms with van der Waals surface area (Å²) in [5, 5.41) is 8.19. The molecular formula is C21H20FN5O3. The number of aromatic nitrogens is 2. The molecule has 3 rings (SSSR count). The van der Waals surface area contributed by atoms with Crippen molar-refractivity contribution in [2.45, 2.75) is 20.4 Å². The molecule has 0 aliphatic carbocycles. The molecule has 0 bridgehead atoms. The Kier molecular flexibility index (Phi) is 6.21. The van der Waals surface area contributed by atoms with Crippen molar-refractivity contribution in [1.82, 2.24) is 9.55 Å². The summed E-state index contributed by atoms with van der Waals surface area (Å²) < 4.78 is 14.6. The van der Waals surface area contributed by atoms with Crippen molar-refractivity contribution in [3.63, 3.8) is 0 Å². The van der Waals surface area contributed by atoms with Gasteiger partial charge in [0.1, 0.15) is 12.4 Å². The molecule has 2 aromatic carbocycles. The standard InChI is InChI=1S/C21H20FN5O3/c1-13-9-20(30)27(21(23-13)26-16-6-3-5-15(22)10-16)12-19(29)25-18-8-4-7-17(11-18)24-14(2)28/h3-11H,12H2,1-2H3,(H,23,26)(H,24,28)(H,25,29). The number of hydrogen-bond acceptors (Lipinski definition) is 5. The highest BCUT2D eigenvalue weighted by atomic mass is 19.1. The number of aryl methyl sites for hydroxylation is 1. The zero-order chi connectivity index (χ0) is 21.7. The molecule has 8 nitrogen and oxygen atoms in total. The minimum Gasteiger partial charge on any atom is -0.326 e. The normalized spacial score (nSPS) is 10.4. The van der Waals surface area contributed by atoms with Crippen molar-refractivity contribution >= 4 is 34.8 Å². The Morgan fingerprint density at radius 1 is 1.00 bits per heavy atom. The van der Waals surface area contributed by atoms with Crippen LogP contribution in [0.1, 0.15) is 12.6 Å². The van der Waals surface area contributed by atoms with E-state index in [9.17, 15) is 18.8 Å². The van der Waals surface area contributed by atoms with Crippen molar-refractivity contribution in [1.29, 1.82) is 0 Å². The van der Waals surface area contributed by atoms with E-state index in [1.54, 1.807) is 37.3 Å². The fraction of sp³-hybridized carbons (Fsp3) is 0.143. The second-order valence-corrected chi connectivity index (χ2v) is 6.59. The molecule has 154 valence electrons. The maximum absolute atomic E-state index is 13.5. The van der Waals surface area contributed by atoms with Crippen LogP contribution in [0.25, 0.3) is 0 Å². The van der Waals surface area contributed by atoms with E-state index in [1.165, 1.54) is 31.2 Å². The molecule has 0 spiro atoms. The topological polar surface area (TPSA) is 105 Å². The Hall–Kier alpha value is -4.01. The molecule has 0 unspecified atom stereocenters. The predicted molar refractivity (Wildman–Crippen MR) is 112 cm³/mol. The third-order valence-electron chi connectivity index (χ3n) is 3.99. The van der Waals surface area contributed by atoms with Crippen LogP contribution in [-0.4, -0.2) is 21.4 Å². The van der Waals surface area contributed by atoms with Gasteiger partial charge in [0, 0.05) is 35.7 Å². The lowest BCUT2D eigenvalue weighted by molar-refractivity contribution is -0.117. The monoisotopic (exact) mass is 409 g/mol. The number of halogens is 1. The van der Waals surface area contributed by atoms with Gasteiger partial charge in [0.05, 0.1) is 0 Å². The molecule has 0 saturated heterocycles. The van der Waals surface area contributed by atoms with E-state index in [-0.39, 0.29) is 18.4 Å². The molecule has 0 fully saturated rings. The van der Waals surface area contributed by atoms with Gasteiger partial charge in [-0.25, -0.2) is 9.37 Å². The summed E-state index contributed by atoms with van der Waals surface area (Å²) in [6, 6.07) is 13.6. The number of rotatable bonds is 6. The van der Waals surface area contributed by atoms with Crippen molar-refractivity contribution < 1.29 is 14.0 Å². The summed E-state index contributed by atoms with van der Waals surface area (Å²) in [5.41, 5.74) is 1.41. The Morgan fingerprint density at radius 2 is 1.67 bits per heavy atom. The number of carbonyl (C=O) groups excluding carboxylic acids is 2. The maximum Gasteiger partial charge on any atom is 0.255 e.